The predicted molar refractivity (Wildman–Crippen MR) is 83.9 cm³/mol. The van der Waals surface area contributed by atoms with Crippen LogP contribution < -0.4 is 4.74 Å². The Kier molecular flexibility index (Phi) is 5.01. The van der Waals surface area contributed by atoms with Gasteiger partial charge >= 0.3 is 0 Å². The molecule has 3 nitrogen and oxygen atoms in total. The van der Waals surface area contributed by atoms with Crippen LogP contribution in [0.1, 0.15) is 11.1 Å². The van der Waals surface area contributed by atoms with Crippen molar-refractivity contribution in [2.24, 2.45) is 0 Å². The maximum Gasteiger partial charge on any atom is 0.160 e. The number of aromatic hydroxyl groups is 1. The lowest BCUT2D eigenvalue weighted by Crippen LogP contribution is -1.98. The monoisotopic (exact) mass is 302 g/mol. The summed E-state index contributed by atoms with van der Waals surface area (Å²) in [6.45, 7) is 0. The van der Waals surface area contributed by atoms with Gasteiger partial charge in [-0.1, -0.05) is 35.9 Å². The zero-order valence-electron chi connectivity index (χ0n) is 11.5. The molecule has 0 aliphatic rings. The molecule has 2 aromatic rings. The van der Waals surface area contributed by atoms with Gasteiger partial charge in [0.2, 0.25) is 0 Å². The van der Waals surface area contributed by atoms with Crippen LogP contribution in [0.15, 0.2) is 48.5 Å². The number of carbonyl (C=O) groups excluding carboxylic acids is 1. The molecule has 0 unspecified atom stereocenters. The van der Waals surface area contributed by atoms with Gasteiger partial charge in [0.15, 0.2) is 17.3 Å². The Morgan fingerprint density at radius 1 is 1.29 bits per heavy atom. The molecule has 108 valence electrons. The fourth-order valence-corrected chi connectivity index (χ4v) is 2.12. The van der Waals surface area contributed by atoms with Gasteiger partial charge < -0.3 is 9.84 Å². The van der Waals surface area contributed by atoms with E-state index in [9.17, 15) is 9.90 Å². The number of methoxy groups -OCH3 is 1. The van der Waals surface area contributed by atoms with E-state index in [2.05, 4.69) is 0 Å². The smallest absolute Gasteiger partial charge is 0.160 e. The van der Waals surface area contributed by atoms with E-state index in [1.54, 1.807) is 36.4 Å². The Balaban J connectivity index is 2.03. The minimum absolute atomic E-state index is 0.0347. The van der Waals surface area contributed by atoms with Crippen molar-refractivity contribution < 1.29 is 14.6 Å². The average Bonchev–Trinajstić information content (AvgIpc) is 2.45. The van der Waals surface area contributed by atoms with Crippen LogP contribution in [0.25, 0.3) is 6.08 Å². The Hall–Kier alpha value is -2.26. The first-order valence-corrected chi connectivity index (χ1v) is 6.78. The van der Waals surface area contributed by atoms with Crippen molar-refractivity contribution in [2.45, 2.75) is 6.42 Å². The molecule has 0 aromatic heterocycles. The summed E-state index contributed by atoms with van der Waals surface area (Å²) < 4.78 is 4.96. The van der Waals surface area contributed by atoms with Crippen LogP contribution in [0.3, 0.4) is 0 Å². The molecule has 0 bridgehead atoms. The molecule has 2 aromatic carbocycles. The van der Waals surface area contributed by atoms with E-state index in [-0.39, 0.29) is 11.5 Å². The second-order valence-corrected chi connectivity index (χ2v) is 4.97. The molecule has 0 saturated heterocycles. The molecule has 0 fully saturated rings. The van der Waals surface area contributed by atoms with Crippen molar-refractivity contribution in [3.8, 4) is 11.5 Å². The Morgan fingerprint density at radius 3 is 2.76 bits per heavy atom. The van der Waals surface area contributed by atoms with Crippen molar-refractivity contribution in [1.29, 1.82) is 0 Å². The molecular formula is C17H15ClO3. The first-order valence-electron chi connectivity index (χ1n) is 6.41. The van der Waals surface area contributed by atoms with Gasteiger partial charge in [-0.3, -0.25) is 4.79 Å². The average molecular weight is 303 g/mol. The summed E-state index contributed by atoms with van der Waals surface area (Å²) in [6, 6.07) is 12.2. The van der Waals surface area contributed by atoms with Crippen LogP contribution in [0.4, 0.5) is 0 Å². The van der Waals surface area contributed by atoms with E-state index < -0.39 is 0 Å². The summed E-state index contributed by atoms with van der Waals surface area (Å²) >= 11 is 5.88. The van der Waals surface area contributed by atoms with Gasteiger partial charge in [0.05, 0.1) is 7.11 Å². The summed E-state index contributed by atoms with van der Waals surface area (Å²) in [5, 5.41) is 10.3. The lowest BCUT2D eigenvalue weighted by atomic mass is 10.1. The molecular weight excluding hydrogens is 288 g/mol. The zero-order valence-corrected chi connectivity index (χ0v) is 12.3. The van der Waals surface area contributed by atoms with Crippen LogP contribution in [-0.2, 0) is 11.2 Å². The summed E-state index contributed by atoms with van der Waals surface area (Å²) in [4.78, 5) is 11.9. The maximum absolute atomic E-state index is 11.9. The molecule has 0 heterocycles. The van der Waals surface area contributed by atoms with Crippen LogP contribution in [0.5, 0.6) is 11.5 Å². The van der Waals surface area contributed by atoms with Gasteiger partial charge in [-0.15, -0.1) is 0 Å². The molecule has 0 aliphatic heterocycles. The topological polar surface area (TPSA) is 46.5 Å². The molecule has 0 atom stereocenters. The number of hydrogen-bond donors (Lipinski definition) is 1. The van der Waals surface area contributed by atoms with Gasteiger partial charge in [-0.25, -0.2) is 0 Å². The van der Waals surface area contributed by atoms with Crippen LogP contribution in [0.2, 0.25) is 5.02 Å². The third kappa shape index (κ3) is 4.36. The number of carbonyl (C=O) groups is 1. The number of rotatable bonds is 5. The largest absolute Gasteiger partial charge is 0.504 e. The Bertz CT molecular complexity index is 677. The highest BCUT2D eigenvalue weighted by atomic mass is 35.5. The molecule has 2 rings (SSSR count). The number of halogens is 1. The Labute approximate surface area is 128 Å². The number of allylic oxidation sites excluding steroid dienone is 1. The SMILES string of the molecule is COc1ccc(/C=C/C(=O)Cc2cccc(Cl)c2)cc1O. The first-order chi connectivity index (χ1) is 10.1. The van der Waals surface area contributed by atoms with Crippen molar-refractivity contribution >= 4 is 23.5 Å². The molecule has 0 spiro atoms. The summed E-state index contributed by atoms with van der Waals surface area (Å²) in [7, 11) is 1.49. The van der Waals surface area contributed by atoms with E-state index in [4.69, 9.17) is 16.3 Å². The summed E-state index contributed by atoms with van der Waals surface area (Å²) in [5.74, 6) is 0.409. The van der Waals surface area contributed by atoms with E-state index in [0.29, 0.717) is 17.2 Å². The summed E-state index contributed by atoms with van der Waals surface area (Å²) in [5.41, 5.74) is 1.60. The lowest BCUT2D eigenvalue weighted by Gasteiger charge is -2.03. The second-order valence-electron chi connectivity index (χ2n) is 4.54. The fourth-order valence-electron chi connectivity index (χ4n) is 1.91. The van der Waals surface area contributed by atoms with Gasteiger partial charge in [-0.05, 0) is 41.5 Å². The third-order valence-corrected chi connectivity index (χ3v) is 3.17. The third-order valence-electron chi connectivity index (χ3n) is 2.93. The standard InChI is InChI=1S/C17H15ClO3/c1-21-17-8-6-12(11-16(17)20)5-7-15(19)10-13-3-2-4-14(18)9-13/h2-9,11,20H,10H2,1H3/b7-5+. The molecule has 0 amide bonds. The molecule has 1 N–H and O–H groups in total. The quantitative estimate of drug-likeness (QED) is 0.853. The molecule has 0 radical (unpaired) electrons. The maximum atomic E-state index is 11.9. The first kappa shape index (κ1) is 15.1. The highest BCUT2D eigenvalue weighted by Gasteiger charge is 2.03. The second kappa shape index (κ2) is 6.95. The lowest BCUT2D eigenvalue weighted by molar-refractivity contribution is -0.113. The van der Waals surface area contributed by atoms with E-state index >= 15 is 0 Å². The molecule has 21 heavy (non-hydrogen) atoms. The highest BCUT2D eigenvalue weighted by molar-refractivity contribution is 6.30. The van der Waals surface area contributed by atoms with Gasteiger partial charge in [0.1, 0.15) is 0 Å². The molecule has 4 heteroatoms. The van der Waals surface area contributed by atoms with E-state index in [1.165, 1.54) is 13.2 Å². The van der Waals surface area contributed by atoms with Gasteiger partial charge in [0, 0.05) is 11.4 Å². The van der Waals surface area contributed by atoms with Crippen LogP contribution in [0, 0.1) is 0 Å². The van der Waals surface area contributed by atoms with Crippen molar-refractivity contribution in [3.05, 3.63) is 64.7 Å². The normalized spacial score (nSPS) is 10.8. The fraction of sp³-hybridized carbons (Fsp3) is 0.118. The predicted octanol–water partition coefficient (Wildman–Crippen LogP) is 3.88. The number of phenols is 1. The van der Waals surface area contributed by atoms with Gasteiger partial charge in [-0.2, -0.15) is 0 Å². The number of hydrogen-bond acceptors (Lipinski definition) is 3. The van der Waals surface area contributed by atoms with Crippen LogP contribution >= 0.6 is 11.6 Å². The van der Waals surface area contributed by atoms with Crippen molar-refractivity contribution in [1.82, 2.24) is 0 Å². The number of benzene rings is 2. The number of phenolic OH excluding ortho intramolecular Hbond substituents is 1. The van der Waals surface area contributed by atoms with Crippen molar-refractivity contribution in [3.63, 3.8) is 0 Å². The van der Waals surface area contributed by atoms with Crippen molar-refractivity contribution in [2.75, 3.05) is 7.11 Å². The number of ketones is 1. The highest BCUT2D eigenvalue weighted by Crippen LogP contribution is 2.26. The van der Waals surface area contributed by atoms with Gasteiger partial charge in [0.25, 0.3) is 0 Å². The number of ether oxygens (including phenoxy) is 1. The Morgan fingerprint density at radius 2 is 2.10 bits per heavy atom. The van der Waals surface area contributed by atoms with Crippen LogP contribution in [-0.4, -0.2) is 18.0 Å². The zero-order chi connectivity index (χ0) is 15.2. The molecule has 0 saturated carbocycles. The minimum atomic E-state index is -0.0347. The summed E-state index contributed by atoms with van der Waals surface area (Å²) in [6.07, 6.45) is 3.44. The van der Waals surface area contributed by atoms with E-state index in [1.807, 2.05) is 12.1 Å². The minimum Gasteiger partial charge on any atom is -0.504 e. The van der Waals surface area contributed by atoms with E-state index in [0.717, 1.165) is 11.1 Å². The molecule has 0 aliphatic carbocycles.